The molecule has 6 atom stereocenters. The first-order chi connectivity index (χ1) is 17.0. The van der Waals surface area contributed by atoms with Crippen molar-refractivity contribution in [2.75, 3.05) is 20.7 Å². The summed E-state index contributed by atoms with van der Waals surface area (Å²) in [7, 11) is 2.69. The van der Waals surface area contributed by atoms with Gasteiger partial charge in [0.15, 0.2) is 18.3 Å². The second-order valence-electron chi connectivity index (χ2n) is 8.11. The molecule has 0 bridgehead atoms. The van der Waals surface area contributed by atoms with E-state index in [1.54, 1.807) is 31.3 Å². The van der Waals surface area contributed by atoms with E-state index in [9.17, 15) is 24.0 Å². The van der Waals surface area contributed by atoms with Gasteiger partial charge >= 0.3 is 30.0 Å². The van der Waals surface area contributed by atoms with Crippen LogP contribution in [0.5, 0.6) is 5.75 Å². The van der Waals surface area contributed by atoms with Crippen LogP contribution < -0.4 is 4.74 Å². The maximum absolute atomic E-state index is 12.5. The fraction of sp³-hybridized carbons (Fsp3) is 0.522. The molecular weight excluding hydrogens is 482 g/mol. The fourth-order valence-electron chi connectivity index (χ4n) is 3.84. The minimum absolute atomic E-state index is 0.205. The van der Waals surface area contributed by atoms with Crippen molar-refractivity contribution in [2.45, 2.75) is 57.6 Å². The number of ether oxygens (including phenoxy) is 7. The van der Waals surface area contributed by atoms with Crippen LogP contribution in [0.25, 0.3) is 0 Å². The van der Waals surface area contributed by atoms with Gasteiger partial charge in [-0.25, -0.2) is 9.59 Å². The number of hydrogen-bond donors (Lipinski definition) is 0. The number of amides is 1. The van der Waals surface area contributed by atoms with E-state index in [2.05, 4.69) is 0 Å². The van der Waals surface area contributed by atoms with Crippen LogP contribution in [-0.2, 0) is 47.6 Å². The second-order valence-corrected chi connectivity index (χ2v) is 8.11. The van der Waals surface area contributed by atoms with Gasteiger partial charge in [-0.2, -0.15) is 0 Å². The number of likely N-dealkylation sites (N-methyl/N-ethyl adjacent to an activating group) is 1. The molecule has 36 heavy (non-hydrogen) atoms. The van der Waals surface area contributed by atoms with Crippen molar-refractivity contribution in [3.05, 3.63) is 29.8 Å². The van der Waals surface area contributed by atoms with E-state index in [1.807, 2.05) is 0 Å². The molecule has 2 heterocycles. The lowest BCUT2D eigenvalue weighted by Crippen LogP contribution is -2.64. The molecule has 196 valence electrons. The number of nitrogens with zero attached hydrogens (tertiary/aromatic N) is 1. The molecular formula is C23H27NO12. The molecule has 1 amide bonds. The molecule has 0 aliphatic carbocycles. The molecule has 3 rings (SSSR count). The van der Waals surface area contributed by atoms with Crippen molar-refractivity contribution in [3.63, 3.8) is 0 Å². The van der Waals surface area contributed by atoms with Gasteiger partial charge in [-0.05, 0) is 17.7 Å². The van der Waals surface area contributed by atoms with Gasteiger partial charge in [0.1, 0.15) is 11.9 Å². The normalized spacial score (nSPS) is 27.5. The van der Waals surface area contributed by atoms with Crippen LogP contribution in [0.4, 0.5) is 4.79 Å². The molecule has 2 fully saturated rings. The largest absolute Gasteiger partial charge is 0.467 e. The second kappa shape index (κ2) is 11.2. The molecule has 0 N–H and O–H groups in total. The minimum atomic E-state index is -1.58. The van der Waals surface area contributed by atoms with E-state index >= 15 is 0 Å². The van der Waals surface area contributed by atoms with E-state index in [-0.39, 0.29) is 5.75 Å². The van der Waals surface area contributed by atoms with Crippen LogP contribution in [0.1, 0.15) is 32.4 Å². The van der Waals surface area contributed by atoms with Crippen molar-refractivity contribution < 1.29 is 57.1 Å². The Morgan fingerprint density at radius 1 is 0.944 bits per heavy atom. The molecule has 1 aromatic rings. The predicted octanol–water partition coefficient (Wildman–Crippen LogP) is 0.881. The van der Waals surface area contributed by atoms with E-state index in [4.69, 9.17) is 33.2 Å². The van der Waals surface area contributed by atoms with Crippen molar-refractivity contribution >= 4 is 30.0 Å². The molecule has 0 radical (unpaired) electrons. The molecule has 2 saturated heterocycles. The number of hydrogen-bond acceptors (Lipinski definition) is 12. The number of benzene rings is 1. The Bertz CT molecular complexity index is 1030. The Morgan fingerprint density at radius 3 is 2.11 bits per heavy atom. The highest BCUT2D eigenvalue weighted by molar-refractivity contribution is 5.77. The lowest BCUT2D eigenvalue weighted by atomic mass is 9.97. The molecule has 1 aromatic carbocycles. The first kappa shape index (κ1) is 26.7. The maximum atomic E-state index is 12.5. The summed E-state index contributed by atoms with van der Waals surface area (Å²) in [6.07, 6.45) is -8.48. The van der Waals surface area contributed by atoms with Crippen molar-refractivity contribution in [1.29, 1.82) is 0 Å². The van der Waals surface area contributed by atoms with Gasteiger partial charge in [-0.3, -0.25) is 14.4 Å². The standard InChI is InChI=1S/C23H27NO12/c1-11(25)31-17-18(32-12(2)26)20(33-13(3)27)22(36-19(17)21(28)30-5)34-15-8-6-7-14(9-15)16-10-24(4)23(29)35-16/h6-9,16-20,22H,10H2,1-5H3/t16-,17?,18?,19?,20?,22?/m0/s1. The molecule has 13 nitrogen and oxygen atoms in total. The van der Waals surface area contributed by atoms with Gasteiger partial charge in [0.2, 0.25) is 12.4 Å². The first-order valence-electron chi connectivity index (χ1n) is 10.9. The molecule has 5 unspecified atom stereocenters. The van der Waals surface area contributed by atoms with Gasteiger partial charge < -0.3 is 38.1 Å². The summed E-state index contributed by atoms with van der Waals surface area (Å²) in [5, 5.41) is 0. The third-order valence-corrected chi connectivity index (χ3v) is 5.31. The third kappa shape index (κ3) is 6.22. The van der Waals surface area contributed by atoms with E-state index in [1.165, 1.54) is 4.90 Å². The number of rotatable bonds is 7. The zero-order chi connectivity index (χ0) is 26.6. The van der Waals surface area contributed by atoms with Gasteiger partial charge in [0.05, 0.1) is 13.7 Å². The number of carbonyl (C=O) groups excluding carboxylic acids is 5. The Labute approximate surface area is 206 Å². The average Bonchev–Trinajstić information content (AvgIpc) is 3.14. The number of methoxy groups -OCH3 is 1. The topological polar surface area (TPSA) is 153 Å². The molecule has 0 saturated carbocycles. The average molecular weight is 509 g/mol. The summed E-state index contributed by atoms with van der Waals surface area (Å²) in [5.74, 6) is -3.12. The van der Waals surface area contributed by atoms with Gasteiger partial charge in [-0.1, -0.05) is 12.1 Å². The lowest BCUT2D eigenvalue weighted by Gasteiger charge is -2.43. The summed E-state index contributed by atoms with van der Waals surface area (Å²) in [4.78, 5) is 61.2. The highest BCUT2D eigenvalue weighted by atomic mass is 16.7. The first-order valence-corrected chi connectivity index (χ1v) is 10.9. The van der Waals surface area contributed by atoms with E-state index < -0.39 is 66.8 Å². The summed E-state index contributed by atoms with van der Waals surface area (Å²) in [6, 6.07) is 6.51. The molecule has 13 heteroatoms. The van der Waals surface area contributed by atoms with Crippen LogP contribution in [-0.4, -0.2) is 86.3 Å². The van der Waals surface area contributed by atoms with Gasteiger partial charge in [0.25, 0.3) is 0 Å². The number of cyclic esters (lactones) is 1. The highest BCUT2D eigenvalue weighted by Crippen LogP contribution is 2.33. The molecule has 2 aliphatic rings. The van der Waals surface area contributed by atoms with E-state index in [0.29, 0.717) is 12.1 Å². The highest BCUT2D eigenvalue weighted by Gasteiger charge is 2.55. The summed E-state index contributed by atoms with van der Waals surface area (Å²) < 4.78 is 37.6. The third-order valence-electron chi connectivity index (χ3n) is 5.31. The fourth-order valence-corrected chi connectivity index (χ4v) is 3.84. The van der Waals surface area contributed by atoms with E-state index in [0.717, 1.165) is 27.9 Å². The molecule has 0 spiro atoms. The van der Waals surface area contributed by atoms with Gasteiger partial charge in [-0.15, -0.1) is 0 Å². The monoisotopic (exact) mass is 509 g/mol. The van der Waals surface area contributed by atoms with Crippen molar-refractivity contribution in [3.8, 4) is 5.75 Å². The Hall–Kier alpha value is -3.87. The number of esters is 4. The Balaban J connectivity index is 1.96. The summed E-state index contributed by atoms with van der Waals surface area (Å²) in [6.45, 7) is 3.61. The lowest BCUT2D eigenvalue weighted by molar-refractivity contribution is -0.282. The Morgan fingerprint density at radius 2 is 1.56 bits per heavy atom. The summed E-state index contributed by atoms with van der Waals surface area (Å²) in [5.41, 5.74) is 0.615. The zero-order valence-corrected chi connectivity index (χ0v) is 20.3. The van der Waals surface area contributed by atoms with Crippen LogP contribution in [0.3, 0.4) is 0 Å². The van der Waals surface area contributed by atoms with Crippen LogP contribution in [0.2, 0.25) is 0 Å². The zero-order valence-electron chi connectivity index (χ0n) is 20.3. The quantitative estimate of drug-likeness (QED) is 0.379. The molecule has 2 aliphatic heterocycles. The minimum Gasteiger partial charge on any atom is -0.467 e. The molecule has 0 aromatic heterocycles. The van der Waals surface area contributed by atoms with Crippen LogP contribution in [0.15, 0.2) is 24.3 Å². The van der Waals surface area contributed by atoms with Crippen molar-refractivity contribution in [1.82, 2.24) is 4.90 Å². The summed E-state index contributed by atoms with van der Waals surface area (Å²) >= 11 is 0. The van der Waals surface area contributed by atoms with Crippen LogP contribution >= 0.6 is 0 Å². The van der Waals surface area contributed by atoms with Crippen molar-refractivity contribution in [2.24, 2.45) is 0 Å². The smallest absolute Gasteiger partial charge is 0.410 e. The number of carbonyl (C=O) groups is 5. The van der Waals surface area contributed by atoms with Crippen LogP contribution in [0, 0.1) is 0 Å². The van der Waals surface area contributed by atoms with Gasteiger partial charge in [0, 0.05) is 27.8 Å². The SMILES string of the molecule is COC(=O)C1OC(Oc2cccc([C@@H]3CN(C)C(=O)O3)c2)C(OC(C)=O)C(OC(C)=O)C1OC(C)=O. The maximum Gasteiger partial charge on any atom is 0.410 e. The predicted molar refractivity (Wildman–Crippen MR) is 116 cm³/mol. The Kier molecular flexibility index (Phi) is 8.35.